The van der Waals surface area contributed by atoms with Crippen molar-refractivity contribution in [3.8, 4) is 0 Å². The van der Waals surface area contributed by atoms with Crippen LogP contribution in [0.4, 0.5) is 5.69 Å². The molecule has 120 valence electrons. The van der Waals surface area contributed by atoms with Crippen LogP contribution in [-0.4, -0.2) is 42.4 Å². The van der Waals surface area contributed by atoms with Gasteiger partial charge in [-0.1, -0.05) is 0 Å². The van der Waals surface area contributed by atoms with E-state index in [1.54, 1.807) is 24.3 Å². The number of halogens is 1. The molecule has 2 fully saturated rings. The molecule has 1 aromatic carbocycles. The van der Waals surface area contributed by atoms with Gasteiger partial charge in [0.25, 0.3) is 5.91 Å². The van der Waals surface area contributed by atoms with Crippen LogP contribution in [0.25, 0.3) is 0 Å². The number of rotatable bonds is 3. The summed E-state index contributed by atoms with van der Waals surface area (Å²) in [6.45, 7) is 4.46. The lowest BCUT2D eigenvalue weighted by Crippen LogP contribution is -2.52. The normalized spacial score (nSPS) is 21.0. The third-order valence-electron chi connectivity index (χ3n) is 4.11. The SMILES string of the molecule is C[C@@H]1CNCCN1C(=O)c1ccc(NC(=O)C2CC2)cc1.Cl. The van der Waals surface area contributed by atoms with Crippen molar-refractivity contribution in [1.82, 2.24) is 10.2 Å². The fourth-order valence-corrected chi connectivity index (χ4v) is 2.59. The molecule has 1 aliphatic carbocycles. The fraction of sp³-hybridized carbons (Fsp3) is 0.500. The van der Waals surface area contributed by atoms with Gasteiger partial charge in [-0.15, -0.1) is 12.4 Å². The van der Waals surface area contributed by atoms with Crippen LogP contribution >= 0.6 is 12.4 Å². The number of carbonyl (C=O) groups is 2. The molecule has 22 heavy (non-hydrogen) atoms. The fourth-order valence-electron chi connectivity index (χ4n) is 2.59. The average Bonchev–Trinajstić information content (AvgIpc) is 3.32. The van der Waals surface area contributed by atoms with Gasteiger partial charge in [0.2, 0.25) is 5.91 Å². The molecule has 0 unspecified atom stereocenters. The van der Waals surface area contributed by atoms with Crippen molar-refractivity contribution in [3.63, 3.8) is 0 Å². The highest BCUT2D eigenvalue weighted by Crippen LogP contribution is 2.30. The van der Waals surface area contributed by atoms with Crippen LogP contribution in [0, 0.1) is 5.92 Å². The zero-order chi connectivity index (χ0) is 14.8. The van der Waals surface area contributed by atoms with Gasteiger partial charge in [-0.2, -0.15) is 0 Å². The predicted octanol–water partition coefficient (Wildman–Crippen LogP) is 1.89. The van der Waals surface area contributed by atoms with Gasteiger partial charge >= 0.3 is 0 Å². The van der Waals surface area contributed by atoms with Gasteiger partial charge in [0, 0.05) is 42.8 Å². The van der Waals surface area contributed by atoms with Gasteiger partial charge in [0.15, 0.2) is 0 Å². The van der Waals surface area contributed by atoms with E-state index in [0.29, 0.717) is 5.56 Å². The van der Waals surface area contributed by atoms with E-state index in [9.17, 15) is 9.59 Å². The van der Waals surface area contributed by atoms with Crippen LogP contribution in [0.15, 0.2) is 24.3 Å². The first-order valence-corrected chi connectivity index (χ1v) is 7.58. The monoisotopic (exact) mass is 323 g/mol. The van der Waals surface area contributed by atoms with Crippen molar-refractivity contribution < 1.29 is 9.59 Å². The topological polar surface area (TPSA) is 61.4 Å². The van der Waals surface area contributed by atoms with Gasteiger partial charge in [-0.25, -0.2) is 0 Å². The van der Waals surface area contributed by atoms with Crippen LogP contribution in [0.2, 0.25) is 0 Å². The molecule has 2 amide bonds. The molecule has 2 aliphatic rings. The summed E-state index contributed by atoms with van der Waals surface area (Å²) in [6, 6.07) is 7.40. The van der Waals surface area contributed by atoms with Crippen molar-refractivity contribution >= 4 is 29.9 Å². The van der Waals surface area contributed by atoms with Gasteiger partial charge in [-0.05, 0) is 44.0 Å². The molecular formula is C16H22ClN3O2. The summed E-state index contributed by atoms with van der Waals surface area (Å²) in [4.78, 5) is 26.1. The van der Waals surface area contributed by atoms with E-state index < -0.39 is 0 Å². The first-order chi connectivity index (χ1) is 10.1. The maximum atomic E-state index is 12.5. The minimum absolute atomic E-state index is 0. The van der Waals surface area contributed by atoms with E-state index in [4.69, 9.17) is 0 Å². The highest BCUT2D eigenvalue weighted by atomic mass is 35.5. The quantitative estimate of drug-likeness (QED) is 0.893. The minimum atomic E-state index is 0. The number of hydrogen-bond donors (Lipinski definition) is 2. The standard InChI is InChI=1S/C16H21N3O2.ClH/c1-11-10-17-8-9-19(11)16(21)13-4-6-14(7-5-13)18-15(20)12-2-3-12;/h4-7,11-12,17H,2-3,8-10H2,1H3,(H,18,20);1H/t11-;/m1./s1. The molecular weight excluding hydrogens is 302 g/mol. The number of carbonyl (C=O) groups excluding carboxylic acids is 2. The molecule has 0 aromatic heterocycles. The molecule has 1 heterocycles. The number of nitrogens with zero attached hydrogens (tertiary/aromatic N) is 1. The number of piperazine rings is 1. The minimum Gasteiger partial charge on any atom is -0.333 e. The van der Waals surface area contributed by atoms with E-state index in [1.165, 1.54) is 0 Å². The Kier molecular flexibility index (Phi) is 5.42. The van der Waals surface area contributed by atoms with Crippen LogP contribution in [0.3, 0.4) is 0 Å². The Bertz CT molecular complexity index is 543. The van der Waals surface area contributed by atoms with Crippen molar-refractivity contribution in [2.24, 2.45) is 5.92 Å². The molecule has 0 bridgehead atoms. The Morgan fingerprint density at radius 3 is 2.50 bits per heavy atom. The molecule has 1 saturated heterocycles. The lowest BCUT2D eigenvalue weighted by atomic mass is 10.1. The van der Waals surface area contributed by atoms with Crippen LogP contribution < -0.4 is 10.6 Å². The Hall–Kier alpha value is -1.59. The number of benzene rings is 1. The van der Waals surface area contributed by atoms with E-state index in [0.717, 1.165) is 38.2 Å². The highest BCUT2D eigenvalue weighted by Gasteiger charge is 2.29. The molecule has 5 nitrogen and oxygen atoms in total. The summed E-state index contributed by atoms with van der Waals surface area (Å²) in [5.74, 6) is 0.335. The molecule has 1 aromatic rings. The summed E-state index contributed by atoms with van der Waals surface area (Å²) in [5.41, 5.74) is 1.44. The molecule has 0 spiro atoms. The summed E-state index contributed by atoms with van der Waals surface area (Å²) in [6.07, 6.45) is 1.98. The van der Waals surface area contributed by atoms with Crippen molar-refractivity contribution in [1.29, 1.82) is 0 Å². The summed E-state index contributed by atoms with van der Waals surface area (Å²) in [7, 11) is 0. The first kappa shape index (κ1) is 16.8. The lowest BCUT2D eigenvalue weighted by Gasteiger charge is -2.34. The van der Waals surface area contributed by atoms with E-state index >= 15 is 0 Å². The first-order valence-electron chi connectivity index (χ1n) is 7.58. The largest absolute Gasteiger partial charge is 0.333 e. The van der Waals surface area contributed by atoms with E-state index in [2.05, 4.69) is 10.6 Å². The zero-order valence-electron chi connectivity index (χ0n) is 12.7. The van der Waals surface area contributed by atoms with E-state index in [1.807, 2.05) is 11.8 Å². The van der Waals surface area contributed by atoms with Crippen LogP contribution in [0.1, 0.15) is 30.1 Å². The van der Waals surface area contributed by atoms with Crippen molar-refractivity contribution in [2.75, 3.05) is 25.0 Å². The van der Waals surface area contributed by atoms with Gasteiger partial charge in [0.05, 0.1) is 0 Å². The number of amides is 2. The van der Waals surface area contributed by atoms with Crippen LogP contribution in [-0.2, 0) is 4.79 Å². The average molecular weight is 324 g/mol. The molecule has 3 rings (SSSR count). The Morgan fingerprint density at radius 2 is 1.91 bits per heavy atom. The van der Waals surface area contributed by atoms with E-state index in [-0.39, 0.29) is 36.2 Å². The Labute approximate surface area is 136 Å². The zero-order valence-corrected chi connectivity index (χ0v) is 13.5. The molecule has 2 N–H and O–H groups in total. The Balaban J connectivity index is 0.00000176. The molecule has 1 saturated carbocycles. The van der Waals surface area contributed by atoms with Crippen molar-refractivity contribution in [3.05, 3.63) is 29.8 Å². The number of nitrogens with one attached hydrogen (secondary N) is 2. The van der Waals surface area contributed by atoms with Gasteiger partial charge in [0.1, 0.15) is 0 Å². The second-order valence-electron chi connectivity index (χ2n) is 5.89. The second-order valence-corrected chi connectivity index (χ2v) is 5.89. The molecule has 0 radical (unpaired) electrons. The maximum absolute atomic E-state index is 12.5. The number of hydrogen-bond acceptors (Lipinski definition) is 3. The third-order valence-corrected chi connectivity index (χ3v) is 4.11. The predicted molar refractivity (Wildman–Crippen MR) is 88.4 cm³/mol. The summed E-state index contributed by atoms with van der Waals surface area (Å²) < 4.78 is 0. The van der Waals surface area contributed by atoms with Gasteiger partial charge in [-0.3, -0.25) is 9.59 Å². The highest BCUT2D eigenvalue weighted by molar-refractivity contribution is 5.97. The number of anilines is 1. The summed E-state index contributed by atoms with van der Waals surface area (Å²) >= 11 is 0. The Morgan fingerprint density at radius 1 is 1.23 bits per heavy atom. The molecule has 6 heteroatoms. The third kappa shape index (κ3) is 3.78. The van der Waals surface area contributed by atoms with Crippen LogP contribution in [0.5, 0.6) is 0 Å². The molecule has 1 aliphatic heterocycles. The molecule has 1 atom stereocenters. The second kappa shape index (κ2) is 7.11. The van der Waals surface area contributed by atoms with Crippen molar-refractivity contribution in [2.45, 2.75) is 25.8 Å². The van der Waals surface area contributed by atoms with Gasteiger partial charge < -0.3 is 15.5 Å². The summed E-state index contributed by atoms with van der Waals surface area (Å²) in [5, 5.41) is 6.16. The lowest BCUT2D eigenvalue weighted by molar-refractivity contribution is -0.117. The smallest absolute Gasteiger partial charge is 0.254 e. The maximum Gasteiger partial charge on any atom is 0.254 e.